The SMILES string of the molecule is CC(C)C(C)CCC(O)O. The third-order valence-electron chi connectivity index (χ3n) is 2.02. The van der Waals surface area contributed by atoms with E-state index in [-0.39, 0.29) is 0 Å². The lowest BCUT2D eigenvalue weighted by molar-refractivity contribution is -0.0494. The highest BCUT2D eigenvalue weighted by molar-refractivity contribution is 4.57. The molecule has 0 fully saturated rings. The van der Waals surface area contributed by atoms with Crippen LogP contribution in [-0.4, -0.2) is 16.5 Å². The van der Waals surface area contributed by atoms with E-state index >= 15 is 0 Å². The zero-order valence-corrected chi connectivity index (χ0v) is 7.04. The molecule has 62 valence electrons. The quantitative estimate of drug-likeness (QED) is 0.588. The highest BCUT2D eigenvalue weighted by Crippen LogP contribution is 2.16. The fourth-order valence-corrected chi connectivity index (χ4v) is 0.745. The van der Waals surface area contributed by atoms with Crippen LogP contribution in [0.25, 0.3) is 0 Å². The first-order chi connectivity index (χ1) is 4.54. The molecule has 0 amide bonds. The van der Waals surface area contributed by atoms with Crippen molar-refractivity contribution >= 4 is 0 Å². The molecule has 0 aliphatic heterocycles. The highest BCUT2D eigenvalue weighted by atomic mass is 16.5. The summed E-state index contributed by atoms with van der Waals surface area (Å²) in [6.45, 7) is 6.43. The topological polar surface area (TPSA) is 40.5 Å². The molecular weight excluding hydrogens is 128 g/mol. The van der Waals surface area contributed by atoms with Crippen molar-refractivity contribution in [3.63, 3.8) is 0 Å². The van der Waals surface area contributed by atoms with Crippen LogP contribution in [0.5, 0.6) is 0 Å². The minimum Gasteiger partial charge on any atom is -0.368 e. The van der Waals surface area contributed by atoms with E-state index in [2.05, 4.69) is 20.8 Å². The van der Waals surface area contributed by atoms with E-state index in [0.717, 1.165) is 6.42 Å². The molecule has 2 N–H and O–H groups in total. The second-order valence-electron chi connectivity index (χ2n) is 3.28. The number of aliphatic hydroxyl groups excluding tert-OH is 1. The highest BCUT2D eigenvalue weighted by Gasteiger charge is 2.08. The van der Waals surface area contributed by atoms with Gasteiger partial charge in [-0.15, -0.1) is 0 Å². The third-order valence-corrected chi connectivity index (χ3v) is 2.02. The maximum Gasteiger partial charge on any atom is 0.151 e. The van der Waals surface area contributed by atoms with E-state index < -0.39 is 6.29 Å². The van der Waals surface area contributed by atoms with E-state index in [0.29, 0.717) is 18.3 Å². The van der Waals surface area contributed by atoms with Crippen molar-refractivity contribution in [1.82, 2.24) is 0 Å². The Labute approximate surface area is 62.9 Å². The number of aliphatic hydroxyl groups is 2. The summed E-state index contributed by atoms with van der Waals surface area (Å²) < 4.78 is 0. The summed E-state index contributed by atoms with van der Waals surface area (Å²) >= 11 is 0. The third kappa shape index (κ3) is 4.77. The Bertz CT molecular complexity index is 79.3. The first-order valence-electron chi connectivity index (χ1n) is 3.90. The molecule has 0 saturated carbocycles. The van der Waals surface area contributed by atoms with Gasteiger partial charge in [0.25, 0.3) is 0 Å². The Balaban J connectivity index is 3.30. The molecule has 10 heavy (non-hydrogen) atoms. The first-order valence-corrected chi connectivity index (χ1v) is 3.90. The van der Waals surface area contributed by atoms with Crippen LogP contribution in [0.4, 0.5) is 0 Å². The van der Waals surface area contributed by atoms with Gasteiger partial charge in [0.1, 0.15) is 0 Å². The van der Waals surface area contributed by atoms with Crippen LogP contribution in [0.2, 0.25) is 0 Å². The Morgan fingerprint density at radius 1 is 1.00 bits per heavy atom. The van der Waals surface area contributed by atoms with Gasteiger partial charge in [0, 0.05) is 0 Å². The van der Waals surface area contributed by atoms with Crippen molar-refractivity contribution in [3.8, 4) is 0 Å². The Morgan fingerprint density at radius 2 is 1.50 bits per heavy atom. The molecule has 0 saturated heterocycles. The molecule has 0 aliphatic rings. The molecule has 0 bridgehead atoms. The molecular formula is C8H18O2. The average Bonchev–Trinajstić information content (AvgIpc) is 1.82. The summed E-state index contributed by atoms with van der Waals surface area (Å²) in [6, 6.07) is 0. The minimum atomic E-state index is -1.12. The molecule has 0 rings (SSSR count). The smallest absolute Gasteiger partial charge is 0.151 e. The predicted octanol–water partition coefficient (Wildman–Crippen LogP) is 1.37. The number of hydrogen-bond acceptors (Lipinski definition) is 2. The van der Waals surface area contributed by atoms with Crippen LogP contribution < -0.4 is 0 Å². The molecule has 2 nitrogen and oxygen atoms in total. The average molecular weight is 146 g/mol. The van der Waals surface area contributed by atoms with Gasteiger partial charge in [-0.05, 0) is 24.7 Å². The van der Waals surface area contributed by atoms with E-state index in [4.69, 9.17) is 10.2 Å². The molecule has 2 heteroatoms. The first kappa shape index (κ1) is 9.92. The lowest BCUT2D eigenvalue weighted by Crippen LogP contribution is -2.10. The standard InChI is InChI=1S/C8H18O2/c1-6(2)7(3)4-5-8(9)10/h6-10H,4-5H2,1-3H3. The number of hydrogen-bond donors (Lipinski definition) is 2. The van der Waals surface area contributed by atoms with Gasteiger partial charge in [-0.25, -0.2) is 0 Å². The summed E-state index contributed by atoms with van der Waals surface area (Å²) in [5.74, 6) is 1.22. The van der Waals surface area contributed by atoms with Gasteiger partial charge in [-0.3, -0.25) is 0 Å². The molecule has 0 radical (unpaired) electrons. The van der Waals surface area contributed by atoms with Crippen LogP contribution in [0.1, 0.15) is 33.6 Å². The summed E-state index contributed by atoms with van der Waals surface area (Å²) in [4.78, 5) is 0. The van der Waals surface area contributed by atoms with E-state index in [9.17, 15) is 0 Å². The zero-order valence-electron chi connectivity index (χ0n) is 7.04. The largest absolute Gasteiger partial charge is 0.368 e. The van der Waals surface area contributed by atoms with Crippen LogP contribution >= 0.6 is 0 Å². The summed E-state index contributed by atoms with van der Waals surface area (Å²) in [5, 5.41) is 17.1. The lowest BCUT2D eigenvalue weighted by Gasteiger charge is -2.15. The minimum absolute atomic E-state index is 0.499. The van der Waals surface area contributed by atoms with E-state index in [1.54, 1.807) is 0 Å². The maximum atomic E-state index is 8.54. The van der Waals surface area contributed by atoms with Gasteiger partial charge in [-0.1, -0.05) is 20.8 Å². The van der Waals surface area contributed by atoms with Crippen LogP contribution in [-0.2, 0) is 0 Å². The Morgan fingerprint density at radius 3 is 1.80 bits per heavy atom. The molecule has 1 unspecified atom stereocenters. The Hall–Kier alpha value is -0.0800. The fourth-order valence-electron chi connectivity index (χ4n) is 0.745. The zero-order chi connectivity index (χ0) is 8.15. The van der Waals surface area contributed by atoms with Crippen molar-refractivity contribution in [3.05, 3.63) is 0 Å². The number of rotatable bonds is 4. The molecule has 0 aromatic heterocycles. The normalized spacial score (nSPS) is 14.7. The van der Waals surface area contributed by atoms with Crippen molar-refractivity contribution in [2.24, 2.45) is 11.8 Å². The maximum absolute atomic E-state index is 8.54. The van der Waals surface area contributed by atoms with Crippen molar-refractivity contribution < 1.29 is 10.2 Å². The molecule has 0 heterocycles. The van der Waals surface area contributed by atoms with Crippen molar-refractivity contribution in [2.75, 3.05) is 0 Å². The monoisotopic (exact) mass is 146 g/mol. The summed E-state index contributed by atoms with van der Waals surface area (Å²) in [6.07, 6.45) is 0.274. The fraction of sp³-hybridized carbons (Fsp3) is 1.00. The molecule has 0 aromatic rings. The van der Waals surface area contributed by atoms with Crippen LogP contribution in [0.3, 0.4) is 0 Å². The van der Waals surface area contributed by atoms with Crippen LogP contribution in [0, 0.1) is 11.8 Å². The van der Waals surface area contributed by atoms with Gasteiger partial charge in [-0.2, -0.15) is 0 Å². The van der Waals surface area contributed by atoms with E-state index in [1.807, 2.05) is 0 Å². The molecule has 1 atom stereocenters. The summed E-state index contributed by atoms with van der Waals surface area (Å²) in [7, 11) is 0. The van der Waals surface area contributed by atoms with Gasteiger partial charge in [0.2, 0.25) is 0 Å². The molecule has 0 aliphatic carbocycles. The van der Waals surface area contributed by atoms with Crippen molar-refractivity contribution in [1.29, 1.82) is 0 Å². The van der Waals surface area contributed by atoms with Gasteiger partial charge < -0.3 is 10.2 Å². The Kier molecular flexibility index (Phi) is 4.65. The van der Waals surface area contributed by atoms with Crippen LogP contribution in [0.15, 0.2) is 0 Å². The lowest BCUT2D eigenvalue weighted by atomic mass is 9.93. The van der Waals surface area contributed by atoms with Gasteiger partial charge in [0.05, 0.1) is 0 Å². The van der Waals surface area contributed by atoms with Crippen molar-refractivity contribution in [2.45, 2.75) is 39.9 Å². The molecule has 0 spiro atoms. The second-order valence-corrected chi connectivity index (χ2v) is 3.28. The predicted molar refractivity (Wildman–Crippen MR) is 41.5 cm³/mol. The van der Waals surface area contributed by atoms with Gasteiger partial charge in [0.15, 0.2) is 6.29 Å². The molecule has 0 aromatic carbocycles. The van der Waals surface area contributed by atoms with E-state index in [1.165, 1.54) is 0 Å². The second kappa shape index (κ2) is 4.69. The summed E-state index contributed by atoms with van der Waals surface area (Å²) in [5.41, 5.74) is 0. The van der Waals surface area contributed by atoms with Gasteiger partial charge >= 0.3 is 0 Å².